The molecule has 22 nitrogen and oxygen atoms in total. The molecule has 0 unspecified atom stereocenters. The topological polar surface area (TPSA) is 293 Å². The van der Waals surface area contributed by atoms with Crippen molar-refractivity contribution in [3.8, 4) is 0 Å². The van der Waals surface area contributed by atoms with Crippen LogP contribution in [-0.2, 0) is 0 Å². The number of nitrogens with two attached hydrogens (primary N) is 2. The van der Waals surface area contributed by atoms with Gasteiger partial charge in [0, 0.05) is 0 Å². The zero-order valence-corrected chi connectivity index (χ0v) is 11.2. The Labute approximate surface area is 123 Å². The molecule has 22 heavy (non-hydrogen) atoms. The summed E-state index contributed by atoms with van der Waals surface area (Å²) in [4.78, 5) is 0. The van der Waals surface area contributed by atoms with Crippen molar-refractivity contribution in [2.45, 2.75) is 0 Å². The van der Waals surface area contributed by atoms with Gasteiger partial charge in [0.1, 0.15) is 0 Å². The normalized spacial score (nSPS) is 11.2. The number of nitrogens with one attached hydrogen (secondary N) is 20. The first-order chi connectivity index (χ1) is 10.9. The summed E-state index contributed by atoms with van der Waals surface area (Å²) < 4.78 is 0. The second kappa shape index (κ2) is 20.1. The summed E-state index contributed by atoms with van der Waals surface area (Å²) >= 11 is 0. The Hall–Kier alpha value is -0.880. The van der Waals surface area contributed by atoms with Gasteiger partial charge in [-0.25, -0.2) is 0 Å². The maximum absolute atomic E-state index is 4.90. The van der Waals surface area contributed by atoms with E-state index in [1.54, 1.807) is 0 Å². The van der Waals surface area contributed by atoms with Gasteiger partial charge in [-0.15, -0.1) is 0 Å². The minimum Gasteiger partial charge on any atom is -0.257 e. The second-order valence-electron chi connectivity index (χ2n) is 2.54. The van der Waals surface area contributed by atoms with Crippen molar-refractivity contribution in [3.05, 3.63) is 0 Å². The highest BCUT2D eigenvalue weighted by Crippen LogP contribution is 1.29. The van der Waals surface area contributed by atoms with Crippen LogP contribution >= 0.6 is 0 Å². The van der Waals surface area contributed by atoms with Gasteiger partial charge in [0.2, 0.25) is 0 Å². The van der Waals surface area contributed by atoms with Crippen molar-refractivity contribution in [2.24, 2.45) is 11.7 Å². The largest absolute Gasteiger partial charge is 0.257 e. The second-order valence-corrected chi connectivity index (χ2v) is 2.54. The molecular weight excluding hydrogens is 308 g/mol. The summed E-state index contributed by atoms with van der Waals surface area (Å²) in [6.07, 6.45) is 0. The van der Waals surface area contributed by atoms with E-state index in [1.807, 2.05) is 0 Å². The Morgan fingerprint density at radius 2 is 0.364 bits per heavy atom. The van der Waals surface area contributed by atoms with Crippen LogP contribution in [0.5, 0.6) is 0 Å². The van der Waals surface area contributed by atoms with Gasteiger partial charge in [0.25, 0.3) is 0 Å². The van der Waals surface area contributed by atoms with Gasteiger partial charge < -0.3 is 0 Å². The summed E-state index contributed by atoms with van der Waals surface area (Å²) in [5.41, 5.74) is 48.2. The van der Waals surface area contributed by atoms with E-state index in [0.717, 1.165) is 0 Å². The molecule has 134 valence electrons. The van der Waals surface area contributed by atoms with E-state index in [9.17, 15) is 0 Å². The summed E-state index contributed by atoms with van der Waals surface area (Å²) in [5, 5.41) is 0. The van der Waals surface area contributed by atoms with Crippen LogP contribution in [0.1, 0.15) is 0 Å². The highest BCUT2D eigenvalue weighted by Gasteiger charge is 1.83. The van der Waals surface area contributed by atoms with Gasteiger partial charge in [-0.3, -0.25) is 11.7 Å². The molecule has 0 aliphatic rings. The number of hydrogen-bond donors (Lipinski definition) is 22. The van der Waals surface area contributed by atoms with Crippen LogP contribution in [-0.4, -0.2) is 0 Å². The maximum Gasteiger partial charge on any atom is -0.164 e. The minimum atomic E-state index is 2.12. The fourth-order valence-electron chi connectivity index (χ4n) is 0.572. The van der Waals surface area contributed by atoms with Gasteiger partial charge in [-0.2, -0.15) is 111 Å². The minimum absolute atomic E-state index is 2.12. The summed E-state index contributed by atoms with van der Waals surface area (Å²) in [6, 6.07) is 0. The standard InChI is InChI=1S/H24N22/c1-3-5-7-9-11-13-15-17-19-21-22-20-18-16-14-12-10-8-6-4-2/h3-22H,1-2H2. The summed E-state index contributed by atoms with van der Waals surface area (Å²) in [7, 11) is 0. The Kier molecular flexibility index (Phi) is 19.3. The van der Waals surface area contributed by atoms with Gasteiger partial charge in [-0.1, -0.05) is 0 Å². The average Bonchev–Trinajstić information content (AvgIpc) is 2.54. The van der Waals surface area contributed by atoms with Crippen molar-refractivity contribution >= 4 is 0 Å². The molecule has 0 aliphatic heterocycles. The molecule has 0 aromatic heterocycles. The zero-order chi connectivity index (χ0) is 16.1. The predicted molar refractivity (Wildman–Crippen MR) is 71.1 cm³/mol. The molecule has 22 heteroatoms. The van der Waals surface area contributed by atoms with Crippen LogP contribution in [0.4, 0.5) is 0 Å². The number of hydrogen-bond acceptors (Lipinski definition) is 22. The van der Waals surface area contributed by atoms with Gasteiger partial charge >= 0.3 is 0 Å². The lowest BCUT2D eigenvalue weighted by atomic mass is 12.0. The number of rotatable bonds is 19. The van der Waals surface area contributed by atoms with Crippen molar-refractivity contribution < 1.29 is 0 Å². The molecule has 0 radical (unpaired) electrons. The average molecular weight is 332 g/mol. The lowest BCUT2D eigenvalue weighted by Gasteiger charge is -2.15. The van der Waals surface area contributed by atoms with Crippen LogP contribution < -0.4 is 122 Å². The van der Waals surface area contributed by atoms with Crippen molar-refractivity contribution in [3.63, 3.8) is 0 Å². The van der Waals surface area contributed by atoms with Gasteiger partial charge in [-0.05, 0) is 0 Å². The molecule has 0 heterocycles. The summed E-state index contributed by atoms with van der Waals surface area (Å²) in [6.45, 7) is 0. The van der Waals surface area contributed by atoms with Crippen LogP contribution in [0.15, 0.2) is 0 Å². The predicted octanol–water partition coefficient (Wildman–Crippen LogP) is -11.1. The van der Waals surface area contributed by atoms with E-state index >= 15 is 0 Å². The fraction of sp³-hybridized carbons (Fsp3) is 0. The molecule has 0 amide bonds. The SMILES string of the molecule is NNNNNNNNNNNNNNNNNNNNNN. The highest BCUT2D eigenvalue weighted by atomic mass is 16.0. The van der Waals surface area contributed by atoms with E-state index in [4.69, 9.17) is 11.7 Å². The van der Waals surface area contributed by atoms with Gasteiger partial charge in [0.05, 0.1) is 0 Å². The fourth-order valence-corrected chi connectivity index (χ4v) is 0.572. The monoisotopic (exact) mass is 332 g/mol. The first-order valence-corrected chi connectivity index (χ1v) is 5.33. The molecular formula is H24N22. The Morgan fingerprint density at radius 3 is 0.500 bits per heavy atom. The molecule has 0 bridgehead atoms. The quantitative estimate of drug-likeness (QED) is 0.0592. The van der Waals surface area contributed by atoms with E-state index in [-0.39, 0.29) is 0 Å². The number of hydrazine groups is 21. The van der Waals surface area contributed by atoms with Crippen LogP contribution in [0.3, 0.4) is 0 Å². The Morgan fingerprint density at radius 1 is 0.227 bits per heavy atom. The molecule has 24 N–H and O–H groups in total. The lowest BCUT2D eigenvalue weighted by Crippen LogP contribution is -2.69. The van der Waals surface area contributed by atoms with E-state index in [1.165, 1.54) is 0 Å². The van der Waals surface area contributed by atoms with Crippen molar-refractivity contribution in [1.82, 2.24) is 111 Å². The molecule has 0 spiro atoms. The van der Waals surface area contributed by atoms with Gasteiger partial charge in [0.15, 0.2) is 0 Å². The molecule has 0 aromatic rings. The van der Waals surface area contributed by atoms with Crippen molar-refractivity contribution in [1.29, 1.82) is 0 Å². The zero-order valence-electron chi connectivity index (χ0n) is 11.2. The third-order valence-electron chi connectivity index (χ3n) is 1.21. The molecule has 0 rings (SSSR count). The third kappa shape index (κ3) is 19.1. The van der Waals surface area contributed by atoms with Crippen LogP contribution in [0, 0.1) is 0 Å². The van der Waals surface area contributed by atoms with Crippen LogP contribution in [0.25, 0.3) is 0 Å². The van der Waals surface area contributed by atoms with E-state index in [2.05, 4.69) is 111 Å². The lowest BCUT2D eigenvalue weighted by molar-refractivity contribution is 0.193. The Bertz CT molecular complexity index is 153. The first-order valence-electron chi connectivity index (χ1n) is 5.33. The highest BCUT2D eigenvalue weighted by molar-refractivity contribution is 4.17. The van der Waals surface area contributed by atoms with Crippen LogP contribution in [0.2, 0.25) is 0 Å². The molecule has 0 atom stereocenters. The smallest absolute Gasteiger partial charge is 0.164 e. The molecule has 0 aromatic carbocycles. The maximum atomic E-state index is 4.90. The molecule has 0 saturated heterocycles. The van der Waals surface area contributed by atoms with E-state index < -0.39 is 0 Å². The van der Waals surface area contributed by atoms with Crippen molar-refractivity contribution in [2.75, 3.05) is 0 Å². The first kappa shape index (κ1) is 21.1. The van der Waals surface area contributed by atoms with E-state index in [0.29, 0.717) is 0 Å². The third-order valence-corrected chi connectivity index (χ3v) is 1.21. The molecule has 0 saturated carbocycles. The molecule has 0 aliphatic carbocycles. The Balaban J connectivity index is 2.91. The summed E-state index contributed by atoms with van der Waals surface area (Å²) in [5.74, 6) is 9.80. The molecule has 0 fully saturated rings.